The number of aromatic amines is 1. The van der Waals surface area contributed by atoms with Gasteiger partial charge in [0.1, 0.15) is 16.2 Å². The first kappa shape index (κ1) is 16.2. The van der Waals surface area contributed by atoms with E-state index in [4.69, 9.17) is 13.9 Å². The van der Waals surface area contributed by atoms with E-state index in [2.05, 4.69) is 10.3 Å². The first-order valence-corrected chi connectivity index (χ1v) is 8.60. The van der Waals surface area contributed by atoms with Crippen LogP contribution in [0.4, 0.5) is 4.79 Å². The molecule has 0 fully saturated rings. The van der Waals surface area contributed by atoms with Crippen LogP contribution in [0.1, 0.15) is 0 Å². The third-order valence-corrected chi connectivity index (χ3v) is 4.91. The molecule has 7 nitrogen and oxygen atoms in total. The van der Waals surface area contributed by atoms with Gasteiger partial charge in [-0.1, -0.05) is 0 Å². The SMILES string of the molecule is CNC(=O)Oc1ccc(-c2c(OC)ccc3[nH]c(=O)c4sccc4c23)o1. The average Bonchev–Trinajstić information content (AvgIpc) is 3.30. The van der Waals surface area contributed by atoms with E-state index < -0.39 is 6.09 Å². The number of benzene rings is 1. The predicted octanol–water partition coefficient (Wildman–Crippen LogP) is 3.73. The zero-order valence-corrected chi connectivity index (χ0v) is 14.7. The van der Waals surface area contributed by atoms with Crippen molar-refractivity contribution in [2.75, 3.05) is 14.2 Å². The zero-order chi connectivity index (χ0) is 18.3. The Labute approximate surface area is 151 Å². The number of fused-ring (bicyclic) bond motifs is 3. The first-order chi connectivity index (χ1) is 12.6. The van der Waals surface area contributed by atoms with Gasteiger partial charge in [0, 0.05) is 29.4 Å². The Morgan fingerprint density at radius 1 is 1.23 bits per heavy atom. The van der Waals surface area contributed by atoms with E-state index in [1.165, 1.54) is 18.4 Å². The van der Waals surface area contributed by atoms with Crippen molar-refractivity contribution in [3.05, 3.63) is 46.1 Å². The molecule has 1 amide bonds. The normalized spacial score (nSPS) is 11.0. The number of thiophene rings is 1. The molecule has 4 aromatic rings. The molecule has 0 spiro atoms. The number of H-pyrrole nitrogens is 1. The van der Waals surface area contributed by atoms with Crippen molar-refractivity contribution in [3.63, 3.8) is 0 Å². The van der Waals surface area contributed by atoms with E-state index in [-0.39, 0.29) is 11.5 Å². The van der Waals surface area contributed by atoms with Gasteiger partial charge in [0.15, 0.2) is 0 Å². The minimum absolute atomic E-state index is 0.0596. The van der Waals surface area contributed by atoms with E-state index in [0.717, 1.165) is 10.8 Å². The second-order valence-corrected chi connectivity index (χ2v) is 6.36. The average molecular weight is 370 g/mol. The summed E-state index contributed by atoms with van der Waals surface area (Å²) in [6, 6.07) is 8.69. The maximum atomic E-state index is 12.3. The van der Waals surface area contributed by atoms with Crippen molar-refractivity contribution in [2.45, 2.75) is 0 Å². The van der Waals surface area contributed by atoms with E-state index >= 15 is 0 Å². The Balaban J connectivity index is 2.00. The van der Waals surface area contributed by atoms with Crippen LogP contribution in [0.3, 0.4) is 0 Å². The number of amides is 1. The van der Waals surface area contributed by atoms with Gasteiger partial charge in [-0.2, -0.15) is 0 Å². The number of furan rings is 1. The van der Waals surface area contributed by atoms with E-state index in [0.29, 0.717) is 27.3 Å². The standard InChI is InChI=1S/C18H14N2O5S/c1-19-18(22)25-13-6-5-12(24-13)15-11(23-2)4-3-10-14(15)9-7-8-26-16(9)17(21)20-10/h3-8H,1-2H3,(H,19,22)(H,20,21). The molecule has 8 heteroatoms. The molecule has 0 saturated heterocycles. The molecule has 0 aliphatic rings. The lowest BCUT2D eigenvalue weighted by Gasteiger charge is -2.11. The van der Waals surface area contributed by atoms with Gasteiger partial charge in [-0.3, -0.25) is 4.79 Å². The maximum Gasteiger partial charge on any atom is 0.414 e. The molecule has 3 heterocycles. The van der Waals surface area contributed by atoms with Gasteiger partial charge >= 0.3 is 6.09 Å². The van der Waals surface area contributed by atoms with Crippen molar-refractivity contribution < 1.29 is 18.7 Å². The summed E-state index contributed by atoms with van der Waals surface area (Å²) in [5, 5.41) is 5.84. The van der Waals surface area contributed by atoms with Crippen molar-refractivity contribution in [3.8, 4) is 23.0 Å². The van der Waals surface area contributed by atoms with Gasteiger partial charge in [-0.25, -0.2) is 4.79 Å². The summed E-state index contributed by atoms with van der Waals surface area (Å²) >= 11 is 1.37. The molecule has 26 heavy (non-hydrogen) atoms. The van der Waals surface area contributed by atoms with Gasteiger partial charge in [0.2, 0.25) is 0 Å². The quantitative estimate of drug-likeness (QED) is 0.573. The Morgan fingerprint density at radius 2 is 2.08 bits per heavy atom. The molecular formula is C18H14N2O5S. The highest BCUT2D eigenvalue weighted by Crippen LogP contribution is 2.41. The highest BCUT2D eigenvalue weighted by molar-refractivity contribution is 7.17. The number of hydrogen-bond acceptors (Lipinski definition) is 6. The van der Waals surface area contributed by atoms with Crippen LogP contribution in [0.15, 0.2) is 44.9 Å². The van der Waals surface area contributed by atoms with Gasteiger partial charge in [0.05, 0.1) is 12.7 Å². The number of rotatable bonds is 3. The summed E-state index contributed by atoms with van der Waals surface area (Å²) < 4.78 is 16.9. The molecule has 3 aromatic heterocycles. The number of methoxy groups -OCH3 is 1. The summed E-state index contributed by atoms with van der Waals surface area (Å²) in [5.74, 6) is 1.10. The Hall–Kier alpha value is -3.26. The number of pyridine rings is 1. The smallest absolute Gasteiger partial charge is 0.414 e. The Kier molecular flexibility index (Phi) is 3.89. The Morgan fingerprint density at radius 3 is 2.85 bits per heavy atom. The van der Waals surface area contributed by atoms with Crippen LogP contribution in [-0.2, 0) is 0 Å². The fraction of sp³-hybridized carbons (Fsp3) is 0.111. The summed E-state index contributed by atoms with van der Waals surface area (Å²) in [6.45, 7) is 0. The van der Waals surface area contributed by atoms with Crippen LogP contribution in [0.5, 0.6) is 11.7 Å². The number of hydrogen-bond donors (Lipinski definition) is 2. The lowest BCUT2D eigenvalue weighted by Crippen LogP contribution is -2.21. The van der Waals surface area contributed by atoms with Crippen molar-refractivity contribution in [2.24, 2.45) is 0 Å². The molecule has 132 valence electrons. The van der Waals surface area contributed by atoms with Gasteiger partial charge in [0.25, 0.3) is 11.5 Å². The minimum atomic E-state index is -0.625. The molecule has 0 atom stereocenters. The van der Waals surface area contributed by atoms with Gasteiger partial charge in [-0.15, -0.1) is 11.3 Å². The zero-order valence-electron chi connectivity index (χ0n) is 13.9. The molecule has 0 aliphatic heterocycles. The van der Waals surface area contributed by atoms with Crippen LogP contribution in [-0.4, -0.2) is 25.2 Å². The number of nitrogens with one attached hydrogen (secondary N) is 2. The molecule has 0 bridgehead atoms. The van der Waals surface area contributed by atoms with Crippen LogP contribution >= 0.6 is 11.3 Å². The van der Waals surface area contributed by atoms with E-state index in [9.17, 15) is 9.59 Å². The van der Waals surface area contributed by atoms with Crippen molar-refractivity contribution in [1.82, 2.24) is 10.3 Å². The fourth-order valence-electron chi connectivity index (χ4n) is 2.90. The summed E-state index contributed by atoms with van der Waals surface area (Å²) in [7, 11) is 3.02. The largest absolute Gasteiger partial charge is 0.496 e. The van der Waals surface area contributed by atoms with Crippen LogP contribution in [0.25, 0.3) is 32.3 Å². The van der Waals surface area contributed by atoms with Crippen LogP contribution in [0.2, 0.25) is 0 Å². The number of carbonyl (C=O) groups excluding carboxylic acids is 1. The van der Waals surface area contributed by atoms with Crippen molar-refractivity contribution >= 4 is 38.4 Å². The molecule has 0 unspecified atom stereocenters. The molecule has 0 saturated carbocycles. The molecular weight excluding hydrogens is 356 g/mol. The molecule has 2 N–H and O–H groups in total. The van der Waals surface area contributed by atoms with E-state index in [1.54, 1.807) is 31.4 Å². The topological polar surface area (TPSA) is 93.6 Å². The molecule has 1 aromatic carbocycles. The van der Waals surface area contributed by atoms with Crippen molar-refractivity contribution in [1.29, 1.82) is 0 Å². The number of aromatic nitrogens is 1. The van der Waals surface area contributed by atoms with Gasteiger partial charge < -0.3 is 24.2 Å². The number of carbonyl (C=O) groups is 1. The monoisotopic (exact) mass is 370 g/mol. The molecule has 4 rings (SSSR count). The second kappa shape index (κ2) is 6.23. The first-order valence-electron chi connectivity index (χ1n) is 7.72. The highest BCUT2D eigenvalue weighted by Gasteiger charge is 2.19. The summed E-state index contributed by atoms with van der Waals surface area (Å²) in [5.41, 5.74) is 1.21. The van der Waals surface area contributed by atoms with Crippen LogP contribution < -0.4 is 20.3 Å². The third-order valence-electron chi connectivity index (χ3n) is 4.00. The second-order valence-electron chi connectivity index (χ2n) is 5.44. The van der Waals surface area contributed by atoms with E-state index in [1.807, 2.05) is 11.4 Å². The Bertz CT molecular complexity index is 1190. The maximum absolute atomic E-state index is 12.3. The summed E-state index contributed by atoms with van der Waals surface area (Å²) in [4.78, 5) is 26.5. The highest BCUT2D eigenvalue weighted by atomic mass is 32.1. The summed E-state index contributed by atoms with van der Waals surface area (Å²) in [6.07, 6.45) is -0.625. The molecule has 0 aliphatic carbocycles. The third kappa shape index (κ3) is 2.51. The number of ether oxygens (including phenoxy) is 2. The lowest BCUT2D eigenvalue weighted by atomic mass is 10.0. The molecule has 0 radical (unpaired) electrons. The fourth-order valence-corrected chi connectivity index (χ4v) is 3.69. The predicted molar refractivity (Wildman–Crippen MR) is 99.3 cm³/mol. The van der Waals surface area contributed by atoms with Crippen LogP contribution in [0, 0.1) is 0 Å². The minimum Gasteiger partial charge on any atom is -0.496 e. The van der Waals surface area contributed by atoms with Gasteiger partial charge in [-0.05, 0) is 29.6 Å². The lowest BCUT2D eigenvalue weighted by molar-refractivity contribution is 0.190.